The van der Waals surface area contributed by atoms with E-state index in [1.807, 2.05) is 18.2 Å². The normalized spacial score (nSPS) is 14.6. The Labute approximate surface area is 168 Å². The summed E-state index contributed by atoms with van der Waals surface area (Å²) in [7, 11) is 0. The smallest absolute Gasteiger partial charge is 0.416 e. The topological polar surface area (TPSA) is 20.2 Å². The highest BCUT2D eigenvalue weighted by Crippen LogP contribution is 2.40. The zero-order chi connectivity index (χ0) is 21.7. The quantitative estimate of drug-likeness (QED) is 0.227. The van der Waals surface area contributed by atoms with Gasteiger partial charge < -0.3 is 5.11 Å². The molecule has 0 radical (unpaired) electrons. The van der Waals surface area contributed by atoms with Crippen LogP contribution in [0.3, 0.4) is 0 Å². The molecular weight excluding hydrogens is 380 g/mol. The van der Waals surface area contributed by atoms with Crippen molar-refractivity contribution in [3.8, 4) is 0 Å². The zero-order valence-electron chi connectivity index (χ0n) is 16.0. The molecule has 0 aliphatic heterocycles. The van der Waals surface area contributed by atoms with Crippen LogP contribution in [0, 0.1) is 5.82 Å². The summed E-state index contributed by atoms with van der Waals surface area (Å²) in [6, 6.07) is 11.5. The molecule has 2 aromatic rings. The van der Waals surface area contributed by atoms with Gasteiger partial charge in [0.25, 0.3) is 0 Å². The number of alkyl halides is 3. The third kappa shape index (κ3) is 5.25. The van der Waals surface area contributed by atoms with Crippen LogP contribution in [0.1, 0.15) is 23.6 Å². The van der Waals surface area contributed by atoms with Crippen molar-refractivity contribution in [3.05, 3.63) is 120 Å². The molecular formula is C24H22F4O. The summed E-state index contributed by atoms with van der Waals surface area (Å²) < 4.78 is 54.1. The van der Waals surface area contributed by atoms with Gasteiger partial charge in [-0.1, -0.05) is 49.1 Å². The second-order valence-corrected chi connectivity index (χ2v) is 6.64. The van der Waals surface area contributed by atoms with Gasteiger partial charge in [0.05, 0.1) is 5.56 Å². The van der Waals surface area contributed by atoms with E-state index in [1.165, 1.54) is 24.3 Å². The van der Waals surface area contributed by atoms with E-state index in [0.29, 0.717) is 11.6 Å². The predicted octanol–water partition coefficient (Wildman–Crippen LogP) is 7.09. The fourth-order valence-electron chi connectivity index (χ4n) is 3.08. The minimum absolute atomic E-state index is 0.0287. The molecule has 0 fully saturated rings. The van der Waals surface area contributed by atoms with Gasteiger partial charge >= 0.3 is 6.18 Å². The highest BCUT2D eigenvalue weighted by molar-refractivity contribution is 5.49. The number of allylic oxidation sites excluding steroid dienone is 5. The molecule has 0 aromatic heterocycles. The van der Waals surface area contributed by atoms with Crippen LogP contribution in [0.2, 0.25) is 0 Å². The van der Waals surface area contributed by atoms with Gasteiger partial charge in [-0.25, -0.2) is 4.39 Å². The molecule has 1 atom stereocenters. The lowest BCUT2D eigenvalue weighted by molar-refractivity contribution is -0.137. The van der Waals surface area contributed by atoms with Crippen molar-refractivity contribution in [2.45, 2.75) is 24.9 Å². The molecule has 2 rings (SSSR count). The summed E-state index contributed by atoms with van der Waals surface area (Å²) >= 11 is 0. The zero-order valence-corrected chi connectivity index (χ0v) is 16.0. The molecule has 152 valence electrons. The fraction of sp³-hybridized carbons (Fsp3) is 0.167. The molecule has 0 bridgehead atoms. The van der Waals surface area contributed by atoms with Crippen molar-refractivity contribution in [1.29, 1.82) is 0 Å². The summed E-state index contributed by atoms with van der Waals surface area (Å²) in [5.41, 5.74) is -1.04. The molecule has 0 saturated heterocycles. The Bertz CT molecular complexity index is 939. The van der Waals surface area contributed by atoms with Crippen LogP contribution in [0.15, 0.2) is 97.3 Å². The highest BCUT2D eigenvalue weighted by Gasteiger charge is 2.36. The lowest BCUT2D eigenvalue weighted by Gasteiger charge is -2.33. The Kier molecular flexibility index (Phi) is 6.85. The van der Waals surface area contributed by atoms with E-state index in [4.69, 9.17) is 0 Å². The van der Waals surface area contributed by atoms with E-state index in [2.05, 4.69) is 13.2 Å². The average Bonchev–Trinajstić information content (AvgIpc) is 2.69. The number of halogens is 4. The van der Waals surface area contributed by atoms with Crippen LogP contribution in [-0.4, -0.2) is 5.11 Å². The number of rotatable bonds is 7. The monoisotopic (exact) mass is 402 g/mol. The summed E-state index contributed by atoms with van der Waals surface area (Å²) in [6.07, 6.45) is 1.33. The minimum atomic E-state index is -4.70. The van der Waals surface area contributed by atoms with E-state index in [-0.39, 0.29) is 17.7 Å². The highest BCUT2D eigenvalue weighted by atomic mass is 19.4. The second kappa shape index (κ2) is 8.95. The van der Waals surface area contributed by atoms with E-state index < -0.39 is 23.0 Å². The summed E-state index contributed by atoms with van der Waals surface area (Å²) in [5.74, 6) is -1.03. The van der Waals surface area contributed by atoms with E-state index in [1.54, 1.807) is 19.1 Å². The largest absolute Gasteiger partial charge is 0.508 e. The first kappa shape index (κ1) is 22.2. The minimum Gasteiger partial charge on any atom is -0.508 e. The van der Waals surface area contributed by atoms with Gasteiger partial charge in [0.2, 0.25) is 0 Å². The van der Waals surface area contributed by atoms with Crippen LogP contribution in [-0.2, 0) is 18.0 Å². The van der Waals surface area contributed by atoms with Gasteiger partial charge in [-0.15, -0.1) is 6.58 Å². The molecule has 5 heteroatoms. The Morgan fingerprint density at radius 2 is 1.66 bits per heavy atom. The molecule has 1 unspecified atom stereocenters. The predicted molar refractivity (Wildman–Crippen MR) is 108 cm³/mol. The van der Waals surface area contributed by atoms with Crippen molar-refractivity contribution in [3.63, 3.8) is 0 Å². The standard InChI is InChI=1S/C24H22F4O/c1-4-22(29)12-11-17(3)23(5-2,16-18-9-7-6-8-10-18)19-13-20(24(26,27)28)15-21(25)14-19/h4-15,29H,2-3,16H2,1H3/b12-11-,22-4+. The first-order valence-corrected chi connectivity index (χ1v) is 8.91. The number of aliphatic hydroxyl groups excluding tert-OH is 1. The third-order valence-corrected chi connectivity index (χ3v) is 4.74. The van der Waals surface area contributed by atoms with Gasteiger partial charge in [-0.3, -0.25) is 0 Å². The van der Waals surface area contributed by atoms with Crippen molar-refractivity contribution < 1.29 is 22.7 Å². The van der Waals surface area contributed by atoms with Crippen LogP contribution >= 0.6 is 0 Å². The maximum Gasteiger partial charge on any atom is 0.416 e. The Balaban J connectivity index is 2.69. The molecule has 1 nitrogen and oxygen atoms in total. The van der Waals surface area contributed by atoms with Crippen molar-refractivity contribution >= 4 is 0 Å². The fourth-order valence-corrected chi connectivity index (χ4v) is 3.08. The molecule has 0 aliphatic carbocycles. The Morgan fingerprint density at radius 1 is 1.03 bits per heavy atom. The van der Waals surface area contributed by atoms with Crippen LogP contribution in [0.25, 0.3) is 0 Å². The Hall–Kier alpha value is -3.08. The average molecular weight is 402 g/mol. The number of aliphatic hydroxyl groups is 1. The van der Waals surface area contributed by atoms with Gasteiger partial charge in [-0.05, 0) is 60.4 Å². The number of hydrogen-bond acceptors (Lipinski definition) is 1. The van der Waals surface area contributed by atoms with Gasteiger partial charge in [0.15, 0.2) is 0 Å². The maximum absolute atomic E-state index is 14.2. The van der Waals surface area contributed by atoms with E-state index in [0.717, 1.165) is 17.7 Å². The van der Waals surface area contributed by atoms with E-state index in [9.17, 15) is 22.7 Å². The van der Waals surface area contributed by atoms with Crippen molar-refractivity contribution in [2.75, 3.05) is 0 Å². The first-order valence-electron chi connectivity index (χ1n) is 8.91. The van der Waals surface area contributed by atoms with Gasteiger partial charge in [0, 0.05) is 5.41 Å². The SMILES string of the molecule is C=CC(Cc1ccccc1)(C(=C)/C=C\C(O)=C/C)c1cc(F)cc(C(F)(F)F)c1. The Morgan fingerprint density at radius 3 is 2.21 bits per heavy atom. The van der Waals surface area contributed by atoms with Gasteiger partial charge in [-0.2, -0.15) is 13.2 Å². The molecule has 0 saturated carbocycles. The first-order chi connectivity index (χ1) is 13.6. The van der Waals surface area contributed by atoms with Crippen molar-refractivity contribution in [1.82, 2.24) is 0 Å². The number of benzene rings is 2. The van der Waals surface area contributed by atoms with Crippen molar-refractivity contribution in [2.24, 2.45) is 0 Å². The maximum atomic E-state index is 14.2. The molecule has 0 aliphatic rings. The molecule has 0 heterocycles. The molecule has 2 aromatic carbocycles. The second-order valence-electron chi connectivity index (χ2n) is 6.64. The molecule has 0 spiro atoms. The van der Waals surface area contributed by atoms with Crippen LogP contribution < -0.4 is 0 Å². The van der Waals surface area contributed by atoms with E-state index >= 15 is 0 Å². The summed E-state index contributed by atoms with van der Waals surface area (Å²) in [5, 5.41) is 9.70. The number of hydrogen-bond donors (Lipinski definition) is 1. The van der Waals surface area contributed by atoms with Gasteiger partial charge in [0.1, 0.15) is 11.6 Å². The molecule has 1 N–H and O–H groups in total. The van der Waals surface area contributed by atoms with Crippen LogP contribution in [0.4, 0.5) is 17.6 Å². The summed E-state index contributed by atoms with van der Waals surface area (Å²) in [4.78, 5) is 0. The lowest BCUT2D eigenvalue weighted by atomic mass is 9.70. The van der Waals surface area contributed by atoms with Crippen LogP contribution in [0.5, 0.6) is 0 Å². The summed E-state index contributed by atoms with van der Waals surface area (Å²) in [6.45, 7) is 9.45. The molecule has 0 amide bonds. The lowest BCUT2D eigenvalue weighted by Crippen LogP contribution is -2.29. The molecule has 29 heavy (non-hydrogen) atoms. The third-order valence-electron chi connectivity index (χ3n) is 4.74.